The molecule has 2 unspecified atom stereocenters. The van der Waals surface area contributed by atoms with Crippen LogP contribution >= 0.6 is 15.9 Å². The highest BCUT2D eigenvalue weighted by Crippen LogP contribution is 2.37. The molecule has 0 aromatic heterocycles. The number of hydrogen-bond donors (Lipinski definition) is 1. The number of hydrogen-bond acceptors (Lipinski definition) is 3. The zero-order chi connectivity index (χ0) is 12.7. The summed E-state index contributed by atoms with van der Waals surface area (Å²) in [6.45, 7) is 4.11. The average molecular weight is 311 g/mol. The Balaban J connectivity index is 2.10. The van der Waals surface area contributed by atoms with E-state index in [9.17, 15) is 4.79 Å². The maximum Gasteiger partial charge on any atom is 0.232 e. The number of rotatable bonds is 1. The zero-order valence-corrected chi connectivity index (χ0v) is 11.7. The molecule has 18 heavy (non-hydrogen) atoms. The number of likely N-dealkylation sites (N-methyl/N-ethyl adjacent to an activating group) is 1. The molecule has 1 amide bonds. The molecule has 3 rings (SSSR count). The van der Waals surface area contributed by atoms with Gasteiger partial charge in [-0.25, -0.2) is 0 Å². The molecule has 2 heterocycles. The summed E-state index contributed by atoms with van der Waals surface area (Å²) < 4.78 is 6.50. The van der Waals surface area contributed by atoms with Crippen molar-refractivity contribution in [3.63, 3.8) is 0 Å². The standard InChI is InChI=1S/C13H15BrN2O2/c1-2-16-11-5-8(14)3-4-10(11)15-13(17)9-6-18-7-12(9)16/h3-5,9,12H,2,6-7H2,1H3,(H,15,17). The fourth-order valence-electron chi connectivity index (χ4n) is 2.76. The highest BCUT2D eigenvalue weighted by molar-refractivity contribution is 9.10. The predicted molar refractivity (Wildman–Crippen MR) is 73.9 cm³/mol. The smallest absolute Gasteiger partial charge is 0.232 e. The lowest BCUT2D eigenvalue weighted by Gasteiger charge is -2.30. The number of benzene rings is 1. The third-order valence-electron chi connectivity index (χ3n) is 3.66. The second-order valence-electron chi connectivity index (χ2n) is 4.65. The van der Waals surface area contributed by atoms with E-state index in [1.54, 1.807) is 0 Å². The third-order valence-corrected chi connectivity index (χ3v) is 4.15. The fraction of sp³-hybridized carbons (Fsp3) is 0.462. The Labute approximate surface area is 114 Å². The number of carbonyl (C=O) groups is 1. The van der Waals surface area contributed by atoms with Crippen molar-refractivity contribution in [2.75, 3.05) is 30.0 Å². The number of halogens is 1. The van der Waals surface area contributed by atoms with Crippen molar-refractivity contribution < 1.29 is 9.53 Å². The maximum atomic E-state index is 12.2. The van der Waals surface area contributed by atoms with E-state index in [0.29, 0.717) is 13.2 Å². The van der Waals surface area contributed by atoms with Crippen LogP contribution in [-0.4, -0.2) is 31.7 Å². The van der Waals surface area contributed by atoms with Crippen molar-refractivity contribution in [1.29, 1.82) is 0 Å². The van der Waals surface area contributed by atoms with Gasteiger partial charge in [0.2, 0.25) is 5.91 Å². The van der Waals surface area contributed by atoms with Crippen molar-refractivity contribution in [3.05, 3.63) is 22.7 Å². The zero-order valence-electron chi connectivity index (χ0n) is 10.1. The lowest BCUT2D eigenvalue weighted by molar-refractivity contribution is -0.120. The molecule has 0 bridgehead atoms. The molecule has 1 N–H and O–H groups in total. The Bertz CT molecular complexity index is 492. The van der Waals surface area contributed by atoms with E-state index in [0.717, 1.165) is 22.4 Å². The molecule has 1 aromatic rings. The summed E-state index contributed by atoms with van der Waals surface area (Å²) >= 11 is 3.49. The Morgan fingerprint density at radius 2 is 2.33 bits per heavy atom. The number of amides is 1. The van der Waals surface area contributed by atoms with Crippen LogP contribution in [0.5, 0.6) is 0 Å². The van der Waals surface area contributed by atoms with E-state index in [1.165, 1.54) is 0 Å². The molecule has 1 fully saturated rings. The summed E-state index contributed by atoms with van der Waals surface area (Å²) in [5, 5.41) is 3.00. The van der Waals surface area contributed by atoms with E-state index >= 15 is 0 Å². The Morgan fingerprint density at radius 3 is 3.11 bits per heavy atom. The van der Waals surface area contributed by atoms with E-state index in [1.807, 2.05) is 12.1 Å². The van der Waals surface area contributed by atoms with Crippen LogP contribution in [0, 0.1) is 5.92 Å². The van der Waals surface area contributed by atoms with E-state index in [2.05, 4.69) is 39.1 Å². The van der Waals surface area contributed by atoms with Crippen LogP contribution in [0.4, 0.5) is 11.4 Å². The minimum atomic E-state index is -0.0730. The van der Waals surface area contributed by atoms with Crippen LogP contribution < -0.4 is 10.2 Å². The third kappa shape index (κ3) is 1.82. The largest absolute Gasteiger partial charge is 0.378 e. The number of carbonyl (C=O) groups excluding carboxylic acids is 1. The van der Waals surface area contributed by atoms with Crippen LogP contribution in [0.25, 0.3) is 0 Å². The van der Waals surface area contributed by atoms with Crippen LogP contribution in [-0.2, 0) is 9.53 Å². The maximum absolute atomic E-state index is 12.2. The number of fused-ring (bicyclic) bond motifs is 2. The Kier molecular flexibility index (Phi) is 3.03. The van der Waals surface area contributed by atoms with E-state index in [4.69, 9.17) is 4.74 Å². The molecular formula is C13H15BrN2O2. The molecule has 2 aliphatic heterocycles. The molecule has 0 spiro atoms. The van der Waals surface area contributed by atoms with Gasteiger partial charge in [-0.15, -0.1) is 0 Å². The van der Waals surface area contributed by atoms with Crippen molar-refractivity contribution in [1.82, 2.24) is 0 Å². The minimum absolute atomic E-state index is 0.0667. The van der Waals surface area contributed by atoms with Gasteiger partial charge in [0.25, 0.3) is 0 Å². The Morgan fingerprint density at radius 1 is 1.50 bits per heavy atom. The van der Waals surface area contributed by atoms with Gasteiger partial charge in [0.15, 0.2) is 0 Å². The van der Waals surface area contributed by atoms with Crippen LogP contribution in [0.3, 0.4) is 0 Å². The summed E-state index contributed by atoms with van der Waals surface area (Å²) in [6, 6.07) is 6.09. The lowest BCUT2D eigenvalue weighted by Crippen LogP contribution is -2.42. The molecule has 0 saturated carbocycles. The molecule has 1 saturated heterocycles. The molecule has 2 aliphatic rings. The number of nitrogens with one attached hydrogen (secondary N) is 1. The average Bonchev–Trinajstić information content (AvgIpc) is 2.79. The summed E-state index contributed by atoms with van der Waals surface area (Å²) in [4.78, 5) is 14.4. The van der Waals surface area contributed by atoms with Gasteiger partial charge in [0.1, 0.15) is 0 Å². The first-order chi connectivity index (χ1) is 8.70. The van der Waals surface area contributed by atoms with Crippen LogP contribution in [0.1, 0.15) is 6.92 Å². The van der Waals surface area contributed by atoms with Crippen LogP contribution in [0.15, 0.2) is 22.7 Å². The van der Waals surface area contributed by atoms with E-state index < -0.39 is 0 Å². The highest BCUT2D eigenvalue weighted by atomic mass is 79.9. The van der Waals surface area contributed by atoms with Crippen molar-refractivity contribution in [2.24, 2.45) is 5.92 Å². The van der Waals surface area contributed by atoms with Gasteiger partial charge in [-0.3, -0.25) is 4.79 Å². The lowest BCUT2D eigenvalue weighted by atomic mass is 10.0. The summed E-state index contributed by atoms with van der Waals surface area (Å²) in [5.41, 5.74) is 1.96. The Hall–Kier alpha value is -1.07. The molecule has 96 valence electrons. The molecule has 0 aliphatic carbocycles. The first-order valence-electron chi connectivity index (χ1n) is 6.15. The summed E-state index contributed by atoms with van der Waals surface area (Å²) in [7, 11) is 0. The van der Waals surface area contributed by atoms with Gasteiger partial charge in [0, 0.05) is 11.0 Å². The minimum Gasteiger partial charge on any atom is -0.378 e. The summed E-state index contributed by atoms with van der Waals surface area (Å²) in [5.74, 6) is -0.00634. The monoisotopic (exact) mass is 310 g/mol. The van der Waals surface area contributed by atoms with Gasteiger partial charge < -0.3 is 15.0 Å². The van der Waals surface area contributed by atoms with E-state index in [-0.39, 0.29) is 17.9 Å². The van der Waals surface area contributed by atoms with Gasteiger partial charge >= 0.3 is 0 Å². The van der Waals surface area contributed by atoms with Gasteiger partial charge in [-0.1, -0.05) is 15.9 Å². The van der Waals surface area contributed by atoms with Crippen molar-refractivity contribution >= 4 is 33.2 Å². The number of anilines is 2. The molecule has 2 atom stereocenters. The fourth-order valence-corrected chi connectivity index (χ4v) is 3.11. The highest BCUT2D eigenvalue weighted by Gasteiger charge is 2.40. The van der Waals surface area contributed by atoms with Gasteiger partial charge in [-0.05, 0) is 25.1 Å². The molecule has 5 heteroatoms. The first kappa shape index (κ1) is 12.0. The topological polar surface area (TPSA) is 41.6 Å². The molecule has 1 aromatic carbocycles. The second kappa shape index (κ2) is 4.55. The normalized spacial score (nSPS) is 26.3. The first-order valence-corrected chi connectivity index (χ1v) is 6.95. The second-order valence-corrected chi connectivity index (χ2v) is 5.56. The molecule has 0 radical (unpaired) electrons. The quantitative estimate of drug-likeness (QED) is 0.865. The molecular weight excluding hydrogens is 296 g/mol. The van der Waals surface area contributed by atoms with Crippen LogP contribution in [0.2, 0.25) is 0 Å². The van der Waals surface area contributed by atoms with Crippen molar-refractivity contribution in [3.8, 4) is 0 Å². The predicted octanol–water partition coefficient (Wildman–Crippen LogP) is 2.24. The summed E-state index contributed by atoms with van der Waals surface area (Å²) in [6.07, 6.45) is 0. The van der Waals surface area contributed by atoms with Gasteiger partial charge in [0.05, 0.1) is 36.5 Å². The SMILES string of the molecule is CCN1c2cc(Br)ccc2NC(=O)C2COCC21. The molecule has 4 nitrogen and oxygen atoms in total. The van der Waals surface area contributed by atoms with Crippen molar-refractivity contribution in [2.45, 2.75) is 13.0 Å². The van der Waals surface area contributed by atoms with Gasteiger partial charge in [-0.2, -0.15) is 0 Å². The number of nitrogens with zero attached hydrogens (tertiary/aromatic N) is 1. The number of ether oxygens (including phenoxy) is 1.